The lowest BCUT2D eigenvalue weighted by molar-refractivity contribution is 0.0788. The lowest BCUT2D eigenvalue weighted by Gasteiger charge is -2.16. The first-order chi connectivity index (χ1) is 11.7. The van der Waals surface area contributed by atoms with E-state index in [1.54, 1.807) is 10.7 Å². The minimum absolute atomic E-state index is 0.0526. The Bertz CT molecular complexity index is 871. The van der Waals surface area contributed by atoms with Crippen molar-refractivity contribution in [3.63, 3.8) is 0 Å². The molecule has 5 heteroatoms. The monoisotopic (exact) mass is 320 g/mol. The largest absolute Gasteiger partial charge is 0.338 e. The number of amides is 1. The number of fused-ring (bicyclic) bond motifs is 1. The number of carbonyl (C=O) groups excluding carboxylic acids is 1. The second kappa shape index (κ2) is 6.07. The molecule has 0 radical (unpaired) electrons. The Morgan fingerprint density at radius 3 is 2.92 bits per heavy atom. The van der Waals surface area contributed by atoms with Crippen molar-refractivity contribution in [2.75, 3.05) is 13.1 Å². The zero-order valence-electron chi connectivity index (χ0n) is 13.7. The molecule has 2 aromatic heterocycles. The van der Waals surface area contributed by atoms with Crippen LogP contribution in [0.1, 0.15) is 28.0 Å². The Kier molecular flexibility index (Phi) is 3.76. The Hall–Kier alpha value is -2.69. The number of nitrogens with zero attached hydrogens (tertiary/aromatic N) is 4. The first kappa shape index (κ1) is 14.9. The summed E-state index contributed by atoms with van der Waals surface area (Å²) in [7, 11) is 0. The van der Waals surface area contributed by atoms with Crippen molar-refractivity contribution in [1.29, 1.82) is 0 Å². The Labute approximate surface area is 140 Å². The van der Waals surface area contributed by atoms with Crippen molar-refractivity contribution >= 4 is 11.6 Å². The van der Waals surface area contributed by atoms with Gasteiger partial charge < -0.3 is 4.90 Å². The van der Waals surface area contributed by atoms with E-state index in [9.17, 15) is 4.79 Å². The molecule has 3 heterocycles. The van der Waals surface area contributed by atoms with Crippen LogP contribution in [0, 0.1) is 12.8 Å². The Balaban J connectivity index is 1.52. The molecule has 0 unspecified atom stereocenters. The predicted molar refractivity (Wildman–Crippen MR) is 91.9 cm³/mol. The molecule has 0 bridgehead atoms. The second-order valence-electron chi connectivity index (χ2n) is 6.44. The van der Waals surface area contributed by atoms with Crippen molar-refractivity contribution in [2.45, 2.75) is 19.8 Å². The molecule has 1 aliphatic rings. The predicted octanol–water partition coefficient (Wildman–Crippen LogP) is 2.74. The van der Waals surface area contributed by atoms with Gasteiger partial charge in [-0.25, -0.2) is 9.50 Å². The number of aromatic nitrogens is 3. The molecule has 0 saturated carbocycles. The molecule has 1 aliphatic heterocycles. The number of aryl methyl sites for hydroxylation is 1. The fraction of sp³-hybridized carbons (Fsp3) is 0.316. The molecule has 0 spiro atoms. The molecular weight excluding hydrogens is 300 g/mol. The number of hydrogen-bond acceptors (Lipinski definition) is 3. The van der Waals surface area contributed by atoms with Crippen molar-refractivity contribution in [1.82, 2.24) is 19.5 Å². The van der Waals surface area contributed by atoms with Crippen LogP contribution in [0.5, 0.6) is 0 Å². The van der Waals surface area contributed by atoms with Crippen LogP contribution in [-0.4, -0.2) is 38.5 Å². The third-order valence-corrected chi connectivity index (χ3v) is 4.72. The van der Waals surface area contributed by atoms with Crippen molar-refractivity contribution in [2.24, 2.45) is 5.92 Å². The first-order valence-electron chi connectivity index (χ1n) is 8.35. The summed E-state index contributed by atoms with van der Waals surface area (Å²) >= 11 is 0. The first-order valence-corrected chi connectivity index (χ1v) is 8.35. The van der Waals surface area contributed by atoms with E-state index < -0.39 is 0 Å². The summed E-state index contributed by atoms with van der Waals surface area (Å²) in [5, 5.41) is 4.40. The Morgan fingerprint density at radius 1 is 1.25 bits per heavy atom. The van der Waals surface area contributed by atoms with E-state index in [1.807, 2.05) is 30.2 Å². The van der Waals surface area contributed by atoms with E-state index in [0.29, 0.717) is 17.1 Å². The molecule has 0 aliphatic carbocycles. The lowest BCUT2D eigenvalue weighted by atomic mass is 9.99. The van der Waals surface area contributed by atoms with Gasteiger partial charge in [0.1, 0.15) is 5.56 Å². The molecule has 1 fully saturated rings. The molecule has 1 saturated heterocycles. The minimum atomic E-state index is 0.0526. The van der Waals surface area contributed by atoms with E-state index in [1.165, 1.54) is 5.56 Å². The molecule has 1 aromatic carbocycles. The zero-order chi connectivity index (χ0) is 16.5. The third-order valence-electron chi connectivity index (χ3n) is 4.72. The summed E-state index contributed by atoms with van der Waals surface area (Å²) in [4.78, 5) is 19.3. The lowest BCUT2D eigenvalue weighted by Crippen LogP contribution is -2.29. The van der Waals surface area contributed by atoms with Gasteiger partial charge in [0.25, 0.3) is 5.91 Å². The fourth-order valence-corrected chi connectivity index (χ4v) is 3.54. The molecule has 24 heavy (non-hydrogen) atoms. The van der Waals surface area contributed by atoms with Crippen LogP contribution >= 0.6 is 0 Å². The molecule has 4 rings (SSSR count). The average molecular weight is 320 g/mol. The SMILES string of the molecule is Cc1nn2cccnc2c1C(=O)N1CC[C@H](Cc2ccccc2)C1. The maximum Gasteiger partial charge on any atom is 0.259 e. The van der Waals surface area contributed by atoms with Gasteiger partial charge in [0.2, 0.25) is 0 Å². The maximum atomic E-state index is 13.0. The second-order valence-corrected chi connectivity index (χ2v) is 6.44. The van der Waals surface area contributed by atoms with Gasteiger partial charge in [-0.3, -0.25) is 4.79 Å². The number of hydrogen-bond donors (Lipinski definition) is 0. The zero-order valence-corrected chi connectivity index (χ0v) is 13.7. The quantitative estimate of drug-likeness (QED) is 0.745. The molecule has 1 amide bonds. The number of likely N-dealkylation sites (tertiary alicyclic amines) is 1. The molecule has 5 nitrogen and oxygen atoms in total. The molecular formula is C19H20N4O. The van der Waals surface area contributed by atoms with E-state index in [2.05, 4.69) is 34.3 Å². The van der Waals surface area contributed by atoms with Gasteiger partial charge in [-0.15, -0.1) is 0 Å². The van der Waals surface area contributed by atoms with Gasteiger partial charge in [-0.1, -0.05) is 30.3 Å². The van der Waals surface area contributed by atoms with E-state index in [0.717, 1.165) is 31.6 Å². The average Bonchev–Trinajstić information content (AvgIpc) is 3.19. The standard InChI is InChI=1S/C19H20N4O/c1-14-17(18-20-9-5-10-23(18)21-14)19(24)22-11-8-16(13-22)12-15-6-3-2-4-7-15/h2-7,9-10,16H,8,11-13H2,1H3/t16-/m1/s1. The van der Waals surface area contributed by atoms with Crippen LogP contribution in [0.2, 0.25) is 0 Å². The topological polar surface area (TPSA) is 50.5 Å². The van der Waals surface area contributed by atoms with Gasteiger partial charge in [0.05, 0.1) is 5.69 Å². The molecule has 1 atom stereocenters. The molecule has 3 aromatic rings. The maximum absolute atomic E-state index is 13.0. The fourth-order valence-electron chi connectivity index (χ4n) is 3.54. The van der Waals surface area contributed by atoms with Gasteiger partial charge in [0, 0.05) is 25.5 Å². The summed E-state index contributed by atoms with van der Waals surface area (Å²) < 4.78 is 1.68. The van der Waals surface area contributed by atoms with Crippen LogP contribution in [0.15, 0.2) is 48.8 Å². The highest BCUT2D eigenvalue weighted by Crippen LogP contribution is 2.24. The van der Waals surface area contributed by atoms with Gasteiger partial charge in [-0.05, 0) is 37.3 Å². The normalized spacial score (nSPS) is 17.5. The summed E-state index contributed by atoms with van der Waals surface area (Å²) in [6.45, 7) is 3.48. The highest BCUT2D eigenvalue weighted by molar-refractivity contribution is 6.01. The van der Waals surface area contributed by atoms with E-state index in [4.69, 9.17) is 0 Å². The van der Waals surface area contributed by atoms with Crippen LogP contribution in [0.25, 0.3) is 5.65 Å². The molecule has 0 N–H and O–H groups in total. The summed E-state index contributed by atoms with van der Waals surface area (Å²) in [5.41, 5.74) is 3.36. The van der Waals surface area contributed by atoms with Crippen molar-refractivity contribution < 1.29 is 4.79 Å². The number of carbonyl (C=O) groups is 1. The van der Waals surface area contributed by atoms with Crippen LogP contribution < -0.4 is 0 Å². The number of rotatable bonds is 3. The van der Waals surface area contributed by atoms with Gasteiger partial charge in [-0.2, -0.15) is 5.10 Å². The van der Waals surface area contributed by atoms with Crippen molar-refractivity contribution in [3.05, 3.63) is 65.6 Å². The smallest absolute Gasteiger partial charge is 0.259 e. The van der Waals surface area contributed by atoms with Crippen molar-refractivity contribution in [3.8, 4) is 0 Å². The number of benzene rings is 1. The van der Waals surface area contributed by atoms with E-state index >= 15 is 0 Å². The Morgan fingerprint density at radius 2 is 2.08 bits per heavy atom. The van der Waals surface area contributed by atoms with Crippen LogP contribution in [-0.2, 0) is 6.42 Å². The van der Waals surface area contributed by atoms with Crippen LogP contribution in [0.3, 0.4) is 0 Å². The third kappa shape index (κ3) is 2.66. The highest BCUT2D eigenvalue weighted by atomic mass is 16.2. The highest BCUT2D eigenvalue weighted by Gasteiger charge is 2.30. The summed E-state index contributed by atoms with van der Waals surface area (Å²) in [6, 6.07) is 12.3. The van der Waals surface area contributed by atoms with E-state index in [-0.39, 0.29) is 5.91 Å². The van der Waals surface area contributed by atoms with Gasteiger partial charge >= 0.3 is 0 Å². The summed E-state index contributed by atoms with van der Waals surface area (Å²) in [6.07, 6.45) is 5.60. The molecule has 122 valence electrons. The van der Waals surface area contributed by atoms with Gasteiger partial charge in [0.15, 0.2) is 5.65 Å². The summed E-state index contributed by atoms with van der Waals surface area (Å²) in [5.74, 6) is 0.572. The minimum Gasteiger partial charge on any atom is -0.338 e. The van der Waals surface area contributed by atoms with Crippen LogP contribution in [0.4, 0.5) is 0 Å².